The number of urea groups is 1. The monoisotopic (exact) mass is 363 g/mol. The van der Waals surface area contributed by atoms with Gasteiger partial charge in [0.1, 0.15) is 6.04 Å². The molecule has 2 aliphatic rings. The second-order valence-corrected chi connectivity index (χ2v) is 7.57. The summed E-state index contributed by atoms with van der Waals surface area (Å²) < 4.78 is 0. The number of amides is 3. The van der Waals surface area contributed by atoms with Crippen LogP contribution < -0.4 is 5.32 Å². The Hall–Kier alpha value is -1.75. The fourth-order valence-electron chi connectivity index (χ4n) is 3.50. The minimum absolute atomic E-state index is 0.0439. The van der Waals surface area contributed by atoms with Crippen molar-refractivity contribution in [1.82, 2.24) is 15.1 Å². The highest BCUT2D eigenvalue weighted by Gasteiger charge is 2.47. The standard InChI is InChI=1S/C19H26ClN3O2/c1-3-4-8-16-17(24)22(2)11-12-23(16)18(25)21-19(9-10-19)14-6-5-7-15(20)13-14/h5-7,13,16H,3-4,8-12H2,1-2H3,(H,21,25)/t16-/m1/s1. The Balaban J connectivity index is 1.74. The van der Waals surface area contributed by atoms with Gasteiger partial charge in [-0.1, -0.05) is 43.5 Å². The summed E-state index contributed by atoms with van der Waals surface area (Å²) in [4.78, 5) is 28.9. The SMILES string of the molecule is CCCC[C@@H]1C(=O)N(C)CCN1C(=O)NC1(c2cccc(Cl)c2)CC1. The van der Waals surface area contributed by atoms with Crippen LogP contribution in [0.3, 0.4) is 0 Å². The van der Waals surface area contributed by atoms with E-state index in [0.717, 1.165) is 37.7 Å². The fourth-order valence-corrected chi connectivity index (χ4v) is 3.70. The summed E-state index contributed by atoms with van der Waals surface area (Å²) in [6.45, 7) is 3.26. The third-order valence-electron chi connectivity index (χ3n) is 5.28. The highest BCUT2D eigenvalue weighted by molar-refractivity contribution is 6.30. The summed E-state index contributed by atoms with van der Waals surface area (Å²) in [6.07, 6.45) is 4.47. The third kappa shape index (κ3) is 3.76. The van der Waals surface area contributed by atoms with Crippen molar-refractivity contribution in [3.8, 4) is 0 Å². The van der Waals surface area contributed by atoms with Crippen LogP contribution in [0.2, 0.25) is 5.02 Å². The van der Waals surface area contributed by atoms with Gasteiger partial charge in [-0.05, 0) is 37.0 Å². The number of nitrogens with zero attached hydrogens (tertiary/aromatic N) is 2. The van der Waals surface area contributed by atoms with Gasteiger partial charge in [-0.15, -0.1) is 0 Å². The lowest BCUT2D eigenvalue weighted by atomic mass is 10.0. The van der Waals surface area contributed by atoms with E-state index in [2.05, 4.69) is 12.2 Å². The molecule has 1 aliphatic carbocycles. The average Bonchev–Trinajstić information content (AvgIpc) is 3.37. The zero-order valence-electron chi connectivity index (χ0n) is 14.9. The van der Waals surface area contributed by atoms with Gasteiger partial charge in [-0.25, -0.2) is 4.79 Å². The second kappa shape index (κ2) is 7.24. The Bertz CT molecular complexity index is 660. The molecular weight excluding hydrogens is 338 g/mol. The van der Waals surface area contributed by atoms with E-state index in [1.807, 2.05) is 31.3 Å². The van der Waals surface area contributed by atoms with E-state index in [1.165, 1.54) is 0 Å². The predicted molar refractivity (Wildman–Crippen MR) is 98.6 cm³/mol. The number of halogens is 1. The van der Waals surface area contributed by atoms with Crippen LogP contribution in [0.15, 0.2) is 24.3 Å². The van der Waals surface area contributed by atoms with Crippen molar-refractivity contribution in [1.29, 1.82) is 0 Å². The van der Waals surface area contributed by atoms with Gasteiger partial charge in [0.15, 0.2) is 0 Å². The van der Waals surface area contributed by atoms with E-state index in [-0.39, 0.29) is 23.5 Å². The van der Waals surface area contributed by atoms with Gasteiger partial charge in [0.25, 0.3) is 0 Å². The zero-order valence-corrected chi connectivity index (χ0v) is 15.7. The van der Waals surface area contributed by atoms with Gasteiger partial charge in [0.05, 0.1) is 5.54 Å². The number of nitrogens with one attached hydrogen (secondary N) is 1. The van der Waals surface area contributed by atoms with Gasteiger partial charge in [0, 0.05) is 25.2 Å². The van der Waals surface area contributed by atoms with Gasteiger partial charge < -0.3 is 15.1 Å². The lowest BCUT2D eigenvalue weighted by molar-refractivity contribution is -0.138. The molecule has 5 nitrogen and oxygen atoms in total. The normalized spacial score (nSPS) is 22.0. The molecule has 2 fully saturated rings. The number of carbonyl (C=O) groups excluding carboxylic acids is 2. The molecule has 1 heterocycles. The first kappa shape index (κ1) is 18.1. The van der Waals surface area contributed by atoms with E-state index < -0.39 is 0 Å². The summed E-state index contributed by atoms with van der Waals surface area (Å²) in [5.41, 5.74) is 0.711. The van der Waals surface area contributed by atoms with Gasteiger partial charge in [0.2, 0.25) is 5.91 Å². The molecule has 1 aliphatic heterocycles. The number of likely N-dealkylation sites (N-methyl/N-ethyl adjacent to an activating group) is 1. The Morgan fingerprint density at radius 2 is 2.12 bits per heavy atom. The Morgan fingerprint density at radius 3 is 2.76 bits per heavy atom. The van der Waals surface area contributed by atoms with Crippen LogP contribution in [0.25, 0.3) is 0 Å². The summed E-state index contributed by atoms with van der Waals surface area (Å²) in [5, 5.41) is 3.85. The molecule has 1 saturated heterocycles. The molecule has 1 aromatic carbocycles. The third-order valence-corrected chi connectivity index (χ3v) is 5.51. The first-order chi connectivity index (χ1) is 12.0. The molecule has 6 heteroatoms. The van der Waals surface area contributed by atoms with E-state index >= 15 is 0 Å². The predicted octanol–water partition coefficient (Wildman–Crippen LogP) is 3.37. The average molecular weight is 364 g/mol. The van der Waals surface area contributed by atoms with Crippen LogP contribution in [0.4, 0.5) is 4.79 Å². The Morgan fingerprint density at radius 1 is 1.36 bits per heavy atom. The zero-order chi connectivity index (χ0) is 18.0. The number of rotatable bonds is 5. The molecule has 25 heavy (non-hydrogen) atoms. The van der Waals surface area contributed by atoms with Gasteiger partial charge >= 0.3 is 6.03 Å². The number of hydrogen-bond acceptors (Lipinski definition) is 2. The largest absolute Gasteiger partial charge is 0.342 e. The highest BCUT2D eigenvalue weighted by Crippen LogP contribution is 2.46. The molecule has 0 aromatic heterocycles. The highest BCUT2D eigenvalue weighted by atomic mass is 35.5. The Kier molecular flexibility index (Phi) is 5.23. The van der Waals surface area contributed by atoms with Crippen molar-refractivity contribution in [2.75, 3.05) is 20.1 Å². The molecule has 0 bridgehead atoms. The minimum atomic E-state index is -0.353. The number of hydrogen-bond donors (Lipinski definition) is 1. The van der Waals surface area contributed by atoms with Crippen LogP contribution in [0.5, 0.6) is 0 Å². The molecule has 1 N–H and O–H groups in total. The maximum atomic E-state index is 12.9. The maximum absolute atomic E-state index is 12.9. The number of benzene rings is 1. The summed E-state index contributed by atoms with van der Waals surface area (Å²) in [7, 11) is 1.81. The summed E-state index contributed by atoms with van der Waals surface area (Å²) >= 11 is 6.11. The van der Waals surface area contributed by atoms with E-state index in [0.29, 0.717) is 18.1 Å². The molecule has 0 unspecified atom stereocenters. The van der Waals surface area contributed by atoms with Crippen LogP contribution in [0.1, 0.15) is 44.6 Å². The van der Waals surface area contributed by atoms with Crippen LogP contribution in [0, 0.1) is 0 Å². The van der Waals surface area contributed by atoms with Crippen molar-refractivity contribution in [2.24, 2.45) is 0 Å². The number of carbonyl (C=O) groups is 2. The smallest absolute Gasteiger partial charge is 0.318 e. The molecule has 0 radical (unpaired) electrons. The van der Waals surface area contributed by atoms with Gasteiger partial charge in [-0.3, -0.25) is 4.79 Å². The van der Waals surface area contributed by atoms with Crippen LogP contribution >= 0.6 is 11.6 Å². The summed E-state index contributed by atoms with van der Waals surface area (Å²) in [5.74, 6) is 0.0439. The van der Waals surface area contributed by atoms with Crippen molar-refractivity contribution in [3.05, 3.63) is 34.9 Å². The molecule has 1 saturated carbocycles. The fraction of sp³-hybridized carbons (Fsp3) is 0.579. The number of piperazine rings is 1. The second-order valence-electron chi connectivity index (χ2n) is 7.13. The van der Waals surface area contributed by atoms with Crippen LogP contribution in [-0.2, 0) is 10.3 Å². The van der Waals surface area contributed by atoms with Gasteiger partial charge in [-0.2, -0.15) is 0 Å². The number of unbranched alkanes of at least 4 members (excludes halogenated alkanes) is 1. The van der Waals surface area contributed by atoms with Crippen molar-refractivity contribution in [3.63, 3.8) is 0 Å². The topological polar surface area (TPSA) is 52.7 Å². The van der Waals surface area contributed by atoms with Crippen molar-refractivity contribution in [2.45, 2.75) is 50.6 Å². The molecule has 0 spiro atoms. The lowest BCUT2D eigenvalue weighted by Crippen LogP contribution is -2.60. The van der Waals surface area contributed by atoms with E-state index in [4.69, 9.17) is 11.6 Å². The van der Waals surface area contributed by atoms with Crippen molar-refractivity contribution >= 4 is 23.5 Å². The first-order valence-corrected chi connectivity index (χ1v) is 9.44. The maximum Gasteiger partial charge on any atom is 0.318 e. The Labute approximate surface area is 154 Å². The molecule has 3 amide bonds. The van der Waals surface area contributed by atoms with E-state index in [1.54, 1.807) is 9.80 Å². The van der Waals surface area contributed by atoms with Crippen LogP contribution in [-0.4, -0.2) is 47.9 Å². The quantitative estimate of drug-likeness (QED) is 0.872. The van der Waals surface area contributed by atoms with E-state index in [9.17, 15) is 9.59 Å². The molecule has 136 valence electrons. The minimum Gasteiger partial charge on any atom is -0.342 e. The first-order valence-electron chi connectivity index (χ1n) is 9.06. The molecular formula is C19H26ClN3O2. The molecule has 1 atom stereocenters. The molecule has 1 aromatic rings. The summed E-state index contributed by atoms with van der Waals surface area (Å²) in [6, 6.07) is 7.17. The van der Waals surface area contributed by atoms with Crippen molar-refractivity contribution < 1.29 is 9.59 Å². The lowest BCUT2D eigenvalue weighted by Gasteiger charge is -2.40. The molecule has 3 rings (SSSR count).